The third-order valence-corrected chi connectivity index (χ3v) is 6.79. The summed E-state index contributed by atoms with van der Waals surface area (Å²) in [6, 6.07) is 20.1. The summed E-state index contributed by atoms with van der Waals surface area (Å²) in [7, 11) is 1.80. The third-order valence-electron chi connectivity index (χ3n) is 6.46. The van der Waals surface area contributed by atoms with Crippen LogP contribution in [0.4, 0.5) is 5.69 Å². The molecular formula is C28H34ClN5O2. The van der Waals surface area contributed by atoms with Gasteiger partial charge in [0.1, 0.15) is 0 Å². The molecule has 0 saturated carbocycles. The highest BCUT2D eigenvalue weighted by Gasteiger charge is 2.27. The highest BCUT2D eigenvalue weighted by atomic mass is 35.5. The van der Waals surface area contributed by atoms with Gasteiger partial charge in [-0.05, 0) is 23.3 Å². The Balaban J connectivity index is 1.52. The first-order valence-electron chi connectivity index (χ1n) is 12.3. The van der Waals surface area contributed by atoms with E-state index in [0.717, 1.165) is 16.5 Å². The highest BCUT2D eigenvalue weighted by Crippen LogP contribution is 2.32. The second-order valence-electron chi connectivity index (χ2n) is 9.44. The summed E-state index contributed by atoms with van der Waals surface area (Å²) in [6.45, 7) is 6.83. The van der Waals surface area contributed by atoms with Crippen LogP contribution in [0.25, 0.3) is 10.8 Å². The molecule has 0 bridgehead atoms. The van der Waals surface area contributed by atoms with Crippen molar-refractivity contribution < 1.29 is 9.59 Å². The Morgan fingerprint density at radius 3 is 2.22 bits per heavy atom. The molecule has 7 nitrogen and oxygen atoms in total. The van der Waals surface area contributed by atoms with E-state index >= 15 is 0 Å². The van der Waals surface area contributed by atoms with Crippen molar-refractivity contribution in [2.24, 2.45) is 0 Å². The molecule has 0 atom stereocenters. The van der Waals surface area contributed by atoms with Gasteiger partial charge >= 0.3 is 0 Å². The Hall–Kier alpha value is -3.13. The van der Waals surface area contributed by atoms with E-state index < -0.39 is 0 Å². The minimum atomic E-state index is -0.136. The van der Waals surface area contributed by atoms with E-state index in [1.165, 1.54) is 11.1 Å². The molecule has 1 aliphatic heterocycles. The fourth-order valence-electron chi connectivity index (χ4n) is 4.49. The first-order valence-corrected chi connectivity index (χ1v) is 12.7. The molecule has 2 N–H and O–H groups in total. The van der Waals surface area contributed by atoms with Gasteiger partial charge in [-0.25, -0.2) is 5.01 Å². The van der Waals surface area contributed by atoms with Gasteiger partial charge in [0.25, 0.3) is 5.91 Å². The summed E-state index contributed by atoms with van der Waals surface area (Å²) in [5, 5.41) is 12.4. The van der Waals surface area contributed by atoms with Crippen molar-refractivity contribution in [2.45, 2.75) is 33.0 Å². The van der Waals surface area contributed by atoms with Gasteiger partial charge in [-0.3, -0.25) is 14.6 Å². The smallest absolute Gasteiger partial charge is 0.256 e. The van der Waals surface area contributed by atoms with Crippen LogP contribution in [0.15, 0.2) is 60.7 Å². The quantitative estimate of drug-likeness (QED) is 0.408. The fraction of sp³-hybridized carbons (Fsp3) is 0.357. The van der Waals surface area contributed by atoms with E-state index in [4.69, 9.17) is 11.6 Å². The Morgan fingerprint density at radius 2 is 1.56 bits per heavy atom. The van der Waals surface area contributed by atoms with Crippen LogP contribution in [0.1, 0.15) is 25.0 Å². The van der Waals surface area contributed by atoms with Crippen LogP contribution in [0.5, 0.6) is 0 Å². The number of carbonyl (C=O) groups excluding carboxylic acids is 2. The average Bonchev–Trinajstić information content (AvgIpc) is 3.30. The summed E-state index contributed by atoms with van der Waals surface area (Å²) < 4.78 is 0. The molecule has 36 heavy (non-hydrogen) atoms. The number of hydrazine groups is 1. The van der Waals surface area contributed by atoms with Crippen molar-refractivity contribution in [3.63, 3.8) is 0 Å². The van der Waals surface area contributed by atoms with Crippen LogP contribution in [0, 0.1) is 0 Å². The normalized spacial score (nSPS) is 13.1. The molecule has 190 valence electrons. The molecule has 0 aromatic heterocycles. The fourth-order valence-corrected chi connectivity index (χ4v) is 4.72. The monoisotopic (exact) mass is 507 g/mol. The number of fused-ring (bicyclic) bond motifs is 2. The third kappa shape index (κ3) is 6.16. The van der Waals surface area contributed by atoms with Crippen LogP contribution < -0.4 is 15.5 Å². The molecule has 0 spiro atoms. The van der Waals surface area contributed by atoms with Gasteiger partial charge in [-0.2, -0.15) is 0 Å². The van der Waals surface area contributed by atoms with Gasteiger partial charge in [0.2, 0.25) is 5.91 Å². The summed E-state index contributed by atoms with van der Waals surface area (Å²) in [5.41, 5.74) is 3.26. The van der Waals surface area contributed by atoms with E-state index in [2.05, 4.69) is 36.6 Å². The zero-order valence-electron chi connectivity index (χ0n) is 21.1. The lowest BCUT2D eigenvalue weighted by Crippen LogP contribution is -2.48. The van der Waals surface area contributed by atoms with Gasteiger partial charge in [0.05, 0.1) is 13.1 Å². The maximum Gasteiger partial charge on any atom is 0.256 e. The lowest BCUT2D eigenvalue weighted by atomic mass is 10.1. The Kier molecular flexibility index (Phi) is 8.46. The number of benzene rings is 3. The van der Waals surface area contributed by atoms with Crippen LogP contribution in [0.3, 0.4) is 0 Å². The predicted molar refractivity (Wildman–Crippen MR) is 146 cm³/mol. The number of amides is 2. The van der Waals surface area contributed by atoms with E-state index in [0.29, 0.717) is 37.2 Å². The summed E-state index contributed by atoms with van der Waals surface area (Å²) >= 11 is 6.45. The number of rotatable bonds is 10. The molecule has 4 rings (SSSR count). The SMILES string of the molecule is CC(C)NCCNC(=O)CN(CC(=O)N(C)N1Cc2ccccc2C1)c1ccc(Cl)c2ccccc12. The van der Waals surface area contributed by atoms with Gasteiger partial charge < -0.3 is 15.5 Å². The number of anilines is 1. The van der Waals surface area contributed by atoms with Crippen molar-refractivity contribution >= 4 is 39.9 Å². The summed E-state index contributed by atoms with van der Waals surface area (Å²) in [5.74, 6) is -0.222. The van der Waals surface area contributed by atoms with Crippen molar-refractivity contribution in [2.75, 3.05) is 38.1 Å². The van der Waals surface area contributed by atoms with Crippen molar-refractivity contribution in [1.29, 1.82) is 0 Å². The van der Waals surface area contributed by atoms with E-state index in [1.54, 1.807) is 12.1 Å². The zero-order chi connectivity index (χ0) is 25.7. The van der Waals surface area contributed by atoms with Gasteiger partial charge in [-0.15, -0.1) is 0 Å². The Labute approximate surface area is 218 Å². The average molecular weight is 508 g/mol. The molecule has 0 unspecified atom stereocenters. The topological polar surface area (TPSA) is 67.9 Å². The van der Waals surface area contributed by atoms with Crippen LogP contribution in [-0.4, -0.2) is 61.1 Å². The molecule has 2 amide bonds. The molecule has 0 saturated heterocycles. The lowest BCUT2D eigenvalue weighted by molar-refractivity contribution is -0.145. The molecule has 0 radical (unpaired) electrons. The summed E-state index contributed by atoms with van der Waals surface area (Å²) in [4.78, 5) is 28.2. The maximum atomic E-state index is 13.5. The lowest BCUT2D eigenvalue weighted by Gasteiger charge is -2.32. The van der Waals surface area contributed by atoms with E-state index in [1.807, 2.05) is 58.4 Å². The molecular weight excluding hydrogens is 474 g/mol. The van der Waals surface area contributed by atoms with Gasteiger partial charge in [0.15, 0.2) is 0 Å². The molecule has 3 aromatic carbocycles. The molecule has 0 aliphatic carbocycles. The van der Waals surface area contributed by atoms with Crippen LogP contribution >= 0.6 is 11.6 Å². The minimum absolute atomic E-state index is 0.0621. The number of nitrogens with zero attached hydrogens (tertiary/aromatic N) is 3. The minimum Gasteiger partial charge on any atom is -0.353 e. The molecule has 3 aromatic rings. The largest absolute Gasteiger partial charge is 0.353 e. The van der Waals surface area contributed by atoms with Crippen molar-refractivity contribution in [3.05, 3.63) is 76.8 Å². The van der Waals surface area contributed by atoms with Crippen molar-refractivity contribution in [3.8, 4) is 0 Å². The van der Waals surface area contributed by atoms with Crippen LogP contribution in [-0.2, 0) is 22.7 Å². The maximum absolute atomic E-state index is 13.5. The number of hydrogen-bond acceptors (Lipinski definition) is 5. The van der Waals surface area contributed by atoms with Crippen LogP contribution in [0.2, 0.25) is 5.02 Å². The molecule has 1 heterocycles. The number of likely N-dealkylation sites (N-methyl/N-ethyl adjacent to an activating group) is 1. The second-order valence-corrected chi connectivity index (χ2v) is 9.84. The van der Waals surface area contributed by atoms with Crippen molar-refractivity contribution in [1.82, 2.24) is 20.7 Å². The zero-order valence-corrected chi connectivity index (χ0v) is 21.9. The molecule has 8 heteroatoms. The first kappa shape index (κ1) is 25.9. The highest BCUT2D eigenvalue weighted by molar-refractivity contribution is 6.36. The predicted octanol–water partition coefficient (Wildman–Crippen LogP) is 3.80. The Morgan fingerprint density at radius 1 is 0.917 bits per heavy atom. The number of halogens is 1. The Bertz CT molecular complexity index is 1210. The number of carbonyl (C=O) groups is 2. The van der Waals surface area contributed by atoms with Gasteiger partial charge in [0, 0.05) is 60.8 Å². The molecule has 1 aliphatic rings. The van der Waals surface area contributed by atoms with Gasteiger partial charge in [-0.1, -0.05) is 74.0 Å². The first-order chi connectivity index (χ1) is 17.3. The number of hydrogen-bond donors (Lipinski definition) is 2. The number of nitrogens with one attached hydrogen (secondary N) is 2. The summed E-state index contributed by atoms with van der Waals surface area (Å²) in [6.07, 6.45) is 0. The standard InChI is InChI=1S/C28H34ClN5O2/c1-20(2)30-14-15-31-27(35)18-33(26-13-12-25(29)23-10-6-7-11-24(23)26)19-28(36)32(3)34-16-21-8-4-5-9-22(21)17-34/h4-13,20,30H,14-19H2,1-3H3,(H,31,35). The second kappa shape index (κ2) is 11.7. The van der Waals surface area contributed by atoms with E-state index in [9.17, 15) is 9.59 Å². The van der Waals surface area contributed by atoms with E-state index in [-0.39, 0.29) is 24.9 Å². The molecule has 0 fully saturated rings.